The lowest BCUT2D eigenvalue weighted by molar-refractivity contribution is 0.664. The fraction of sp³-hybridized carbons (Fsp3) is 0. The van der Waals surface area contributed by atoms with E-state index in [2.05, 4.69) is 170 Å². The van der Waals surface area contributed by atoms with Crippen LogP contribution >= 0.6 is 0 Å². The van der Waals surface area contributed by atoms with Crippen LogP contribution < -0.4 is 0 Å². The molecule has 3 heterocycles. The Morgan fingerprint density at radius 1 is 0.220 bits per heavy atom. The minimum Gasteiger partial charge on any atom is -0.456 e. The van der Waals surface area contributed by atoms with E-state index in [9.17, 15) is 0 Å². The molecule has 0 fully saturated rings. The summed E-state index contributed by atoms with van der Waals surface area (Å²) in [6.07, 6.45) is 0. The number of hydrogen-bond donors (Lipinski definition) is 0. The summed E-state index contributed by atoms with van der Waals surface area (Å²) in [6.45, 7) is 0. The molecular formula is C56H32O3. The molecule has 0 atom stereocenters. The predicted octanol–water partition coefficient (Wildman–Crippen LogP) is 16.4. The highest BCUT2D eigenvalue weighted by atomic mass is 16.3. The van der Waals surface area contributed by atoms with Crippen molar-refractivity contribution in [3.05, 3.63) is 194 Å². The maximum Gasteiger partial charge on any atom is 0.136 e. The highest BCUT2D eigenvalue weighted by molar-refractivity contribution is 6.23. The van der Waals surface area contributed by atoms with E-state index in [4.69, 9.17) is 13.3 Å². The zero-order valence-corrected chi connectivity index (χ0v) is 31.7. The summed E-state index contributed by atoms with van der Waals surface area (Å²) in [5, 5.41) is 11.4. The number of rotatable bonds is 4. The third-order valence-electron chi connectivity index (χ3n) is 12.3. The van der Waals surface area contributed by atoms with Gasteiger partial charge < -0.3 is 13.3 Å². The second-order valence-corrected chi connectivity index (χ2v) is 15.5. The van der Waals surface area contributed by atoms with Gasteiger partial charge in [-0.25, -0.2) is 0 Å². The summed E-state index contributed by atoms with van der Waals surface area (Å²) in [5.74, 6) is 0. The van der Waals surface area contributed by atoms with Crippen LogP contribution in [0.4, 0.5) is 0 Å². The van der Waals surface area contributed by atoms with Crippen LogP contribution in [0.2, 0.25) is 0 Å². The van der Waals surface area contributed by atoms with Crippen LogP contribution in [-0.2, 0) is 0 Å². The molecule has 3 aromatic heterocycles. The van der Waals surface area contributed by atoms with Gasteiger partial charge in [0.2, 0.25) is 0 Å². The Labute approximate surface area is 337 Å². The molecule has 0 radical (unpaired) electrons. The van der Waals surface area contributed by atoms with Crippen LogP contribution in [0.5, 0.6) is 0 Å². The lowest BCUT2D eigenvalue weighted by Gasteiger charge is -2.19. The van der Waals surface area contributed by atoms with Gasteiger partial charge in [0.1, 0.15) is 33.5 Å². The quantitative estimate of drug-likeness (QED) is 0.168. The van der Waals surface area contributed by atoms with Gasteiger partial charge in [0.05, 0.1) is 0 Å². The maximum atomic E-state index is 6.52. The number of para-hydroxylation sites is 2. The van der Waals surface area contributed by atoms with Gasteiger partial charge >= 0.3 is 0 Å². The lowest BCUT2D eigenvalue weighted by Crippen LogP contribution is -1.92. The molecule has 0 aliphatic heterocycles. The van der Waals surface area contributed by atoms with Crippen molar-refractivity contribution in [3.8, 4) is 44.5 Å². The normalized spacial score (nSPS) is 12.1. The summed E-state index contributed by atoms with van der Waals surface area (Å²) >= 11 is 0. The average Bonchev–Trinajstić information content (AvgIpc) is 3.98. The van der Waals surface area contributed by atoms with E-state index < -0.39 is 0 Å². The fourth-order valence-corrected chi connectivity index (χ4v) is 9.59. The van der Waals surface area contributed by atoms with Gasteiger partial charge in [-0.3, -0.25) is 0 Å². The van der Waals surface area contributed by atoms with E-state index in [1.165, 1.54) is 54.9 Å². The second kappa shape index (κ2) is 12.3. The van der Waals surface area contributed by atoms with E-state index in [1.54, 1.807) is 0 Å². The molecule has 10 aromatic carbocycles. The highest BCUT2D eigenvalue weighted by Gasteiger charge is 2.20. The molecule has 3 heteroatoms. The summed E-state index contributed by atoms with van der Waals surface area (Å²) < 4.78 is 19.1. The largest absolute Gasteiger partial charge is 0.456 e. The van der Waals surface area contributed by atoms with Crippen molar-refractivity contribution in [2.45, 2.75) is 0 Å². The van der Waals surface area contributed by atoms with E-state index in [-0.39, 0.29) is 0 Å². The Bertz CT molecular complexity index is 3820. The average molecular weight is 753 g/mol. The SMILES string of the molecule is c1ccc(-c2ccc3c(-c4ccc5oc6cc7c(cc6c5c4)oc4ccccc47)c4ccccc4c(-c4ccc(-c5cccc6oc7ccccc7c56)cc4)c3c2)cc1. The monoisotopic (exact) mass is 752 g/mol. The maximum absolute atomic E-state index is 6.52. The van der Waals surface area contributed by atoms with Gasteiger partial charge in [-0.1, -0.05) is 146 Å². The summed E-state index contributed by atoms with van der Waals surface area (Å²) in [5.41, 5.74) is 14.7. The molecule has 0 bridgehead atoms. The predicted molar refractivity (Wildman–Crippen MR) is 245 cm³/mol. The smallest absolute Gasteiger partial charge is 0.136 e. The van der Waals surface area contributed by atoms with Crippen LogP contribution in [0.1, 0.15) is 0 Å². The van der Waals surface area contributed by atoms with Gasteiger partial charge in [-0.15, -0.1) is 0 Å². The van der Waals surface area contributed by atoms with Crippen LogP contribution in [0.15, 0.2) is 207 Å². The molecule has 13 aromatic rings. The first-order valence-corrected chi connectivity index (χ1v) is 20.1. The molecule has 0 unspecified atom stereocenters. The number of hydrogen-bond acceptors (Lipinski definition) is 3. The fourth-order valence-electron chi connectivity index (χ4n) is 9.59. The third-order valence-corrected chi connectivity index (χ3v) is 12.3. The molecule has 3 nitrogen and oxygen atoms in total. The lowest BCUT2D eigenvalue weighted by atomic mass is 9.84. The molecule has 0 N–H and O–H groups in total. The zero-order chi connectivity index (χ0) is 38.6. The Balaban J connectivity index is 1.04. The van der Waals surface area contributed by atoms with Gasteiger partial charge in [-0.2, -0.15) is 0 Å². The van der Waals surface area contributed by atoms with E-state index in [1.807, 2.05) is 24.3 Å². The summed E-state index contributed by atoms with van der Waals surface area (Å²) in [6, 6.07) is 69.3. The van der Waals surface area contributed by atoms with Crippen molar-refractivity contribution >= 4 is 87.4 Å². The molecule has 0 spiro atoms. The number of benzene rings is 10. The molecule has 0 aliphatic rings. The van der Waals surface area contributed by atoms with Crippen LogP contribution in [0, 0.1) is 0 Å². The Kier molecular flexibility index (Phi) is 6.72. The van der Waals surface area contributed by atoms with Crippen molar-refractivity contribution in [2.75, 3.05) is 0 Å². The number of fused-ring (bicyclic) bond motifs is 11. The molecule has 0 aliphatic carbocycles. The Hall–Kier alpha value is -7.88. The number of furan rings is 3. The summed E-state index contributed by atoms with van der Waals surface area (Å²) in [4.78, 5) is 0. The Morgan fingerprint density at radius 2 is 0.712 bits per heavy atom. The van der Waals surface area contributed by atoms with Crippen molar-refractivity contribution in [1.82, 2.24) is 0 Å². The Morgan fingerprint density at radius 3 is 1.47 bits per heavy atom. The van der Waals surface area contributed by atoms with Crippen molar-refractivity contribution in [1.29, 1.82) is 0 Å². The van der Waals surface area contributed by atoms with E-state index in [0.717, 1.165) is 76.9 Å². The first kappa shape index (κ1) is 32.2. The van der Waals surface area contributed by atoms with Gasteiger partial charge in [-0.05, 0) is 115 Å². The molecule has 0 amide bonds. The molecule has 0 saturated heterocycles. The molecular weight excluding hydrogens is 721 g/mol. The van der Waals surface area contributed by atoms with Gasteiger partial charge in [0, 0.05) is 32.3 Å². The second-order valence-electron chi connectivity index (χ2n) is 15.5. The van der Waals surface area contributed by atoms with Gasteiger partial charge in [0.15, 0.2) is 0 Å². The first-order chi connectivity index (χ1) is 29.2. The van der Waals surface area contributed by atoms with Gasteiger partial charge in [0.25, 0.3) is 0 Å². The molecule has 13 rings (SSSR count). The van der Waals surface area contributed by atoms with Crippen molar-refractivity contribution in [2.24, 2.45) is 0 Å². The minimum absolute atomic E-state index is 0.856. The first-order valence-electron chi connectivity index (χ1n) is 20.1. The van der Waals surface area contributed by atoms with Crippen molar-refractivity contribution in [3.63, 3.8) is 0 Å². The molecule has 274 valence electrons. The van der Waals surface area contributed by atoms with Crippen LogP contribution in [0.25, 0.3) is 132 Å². The van der Waals surface area contributed by atoms with E-state index in [0.29, 0.717) is 0 Å². The molecule has 0 saturated carbocycles. The van der Waals surface area contributed by atoms with Crippen molar-refractivity contribution < 1.29 is 13.3 Å². The zero-order valence-electron chi connectivity index (χ0n) is 31.7. The molecule has 59 heavy (non-hydrogen) atoms. The van der Waals surface area contributed by atoms with E-state index >= 15 is 0 Å². The minimum atomic E-state index is 0.856. The van der Waals surface area contributed by atoms with Crippen LogP contribution in [0.3, 0.4) is 0 Å². The third kappa shape index (κ3) is 4.82. The van der Waals surface area contributed by atoms with Crippen LogP contribution in [-0.4, -0.2) is 0 Å². The highest BCUT2D eigenvalue weighted by Crippen LogP contribution is 2.47. The summed E-state index contributed by atoms with van der Waals surface area (Å²) in [7, 11) is 0. The standard InChI is InChI=1S/C56H32O3/c1-2-11-33(12-3-1)36-25-27-42-47(29-36)54(35-23-21-34(22-24-35)38-17-10-20-51-56(38)43-16-7-9-19-49(43)57-51)40-14-4-5-15-41(40)55(42)37-26-28-50-44(30-37)46-32-52-45(31-53(46)59-50)39-13-6-8-18-48(39)58-52/h1-32H. The topological polar surface area (TPSA) is 39.4 Å².